The first kappa shape index (κ1) is 22.0. The van der Waals surface area contributed by atoms with Gasteiger partial charge >= 0.3 is 5.63 Å². The molecule has 1 amide bonds. The average molecular weight is 458 g/mol. The molecule has 1 aliphatic rings. The molecule has 10 heteroatoms. The standard InChI is InChI=1S/C22H22N2O7S/c1-29-19-6-2-4-14-12-18(22(26)31-20(14)19)21(25)24-15-7-9-17(10-8-15)32(27,28)23-13-16-5-3-11-30-16/h2,4,6-10,12,16,23H,3,5,11,13H2,1H3,(H,24,25)/t16-/m1/s1. The number of para-hydroxylation sites is 1. The molecule has 0 unspecified atom stereocenters. The zero-order chi connectivity index (χ0) is 22.7. The zero-order valence-electron chi connectivity index (χ0n) is 17.3. The Balaban J connectivity index is 1.48. The predicted molar refractivity (Wildman–Crippen MR) is 118 cm³/mol. The average Bonchev–Trinajstić information content (AvgIpc) is 3.31. The van der Waals surface area contributed by atoms with Crippen molar-refractivity contribution in [3.8, 4) is 5.75 Å². The highest BCUT2D eigenvalue weighted by Gasteiger charge is 2.21. The second-order valence-electron chi connectivity index (χ2n) is 7.29. The van der Waals surface area contributed by atoms with Crippen molar-refractivity contribution in [2.75, 3.05) is 25.6 Å². The first-order valence-electron chi connectivity index (χ1n) is 10.0. The molecule has 1 atom stereocenters. The lowest BCUT2D eigenvalue weighted by Crippen LogP contribution is -2.31. The van der Waals surface area contributed by atoms with Crippen LogP contribution in [0.25, 0.3) is 11.0 Å². The third-order valence-corrected chi connectivity index (χ3v) is 6.58. The van der Waals surface area contributed by atoms with Gasteiger partial charge in [-0.25, -0.2) is 17.9 Å². The van der Waals surface area contributed by atoms with E-state index in [-0.39, 0.29) is 28.7 Å². The summed E-state index contributed by atoms with van der Waals surface area (Å²) in [7, 11) is -2.25. The van der Waals surface area contributed by atoms with E-state index in [1.807, 2.05) is 0 Å². The van der Waals surface area contributed by atoms with Crippen LogP contribution in [0.4, 0.5) is 5.69 Å². The number of sulfonamides is 1. The van der Waals surface area contributed by atoms with Crippen LogP contribution in [0, 0.1) is 0 Å². The molecule has 2 aromatic carbocycles. The van der Waals surface area contributed by atoms with Crippen molar-refractivity contribution in [2.24, 2.45) is 0 Å². The van der Waals surface area contributed by atoms with Crippen LogP contribution in [0.1, 0.15) is 23.2 Å². The van der Waals surface area contributed by atoms with E-state index in [9.17, 15) is 18.0 Å². The molecular formula is C22H22N2O7S. The minimum Gasteiger partial charge on any atom is -0.493 e. The minimum absolute atomic E-state index is 0.0609. The van der Waals surface area contributed by atoms with Crippen molar-refractivity contribution in [3.63, 3.8) is 0 Å². The van der Waals surface area contributed by atoms with E-state index in [1.54, 1.807) is 18.2 Å². The number of nitrogens with one attached hydrogen (secondary N) is 2. The topological polar surface area (TPSA) is 124 Å². The molecule has 1 aromatic heterocycles. The van der Waals surface area contributed by atoms with Crippen LogP contribution >= 0.6 is 0 Å². The van der Waals surface area contributed by atoms with Crippen molar-refractivity contribution < 1.29 is 27.1 Å². The molecule has 0 bridgehead atoms. The van der Waals surface area contributed by atoms with Crippen LogP contribution in [-0.4, -0.2) is 40.7 Å². The molecule has 0 aliphatic carbocycles. The van der Waals surface area contributed by atoms with Gasteiger partial charge in [0, 0.05) is 24.2 Å². The highest BCUT2D eigenvalue weighted by molar-refractivity contribution is 7.89. The number of carbonyl (C=O) groups excluding carboxylic acids is 1. The molecule has 4 rings (SSSR count). The van der Waals surface area contributed by atoms with E-state index in [4.69, 9.17) is 13.9 Å². The molecule has 1 aliphatic heterocycles. The van der Waals surface area contributed by atoms with Crippen molar-refractivity contribution in [1.29, 1.82) is 0 Å². The lowest BCUT2D eigenvalue weighted by molar-refractivity contribution is 0.102. The van der Waals surface area contributed by atoms with Gasteiger partial charge in [0.1, 0.15) is 5.56 Å². The summed E-state index contributed by atoms with van der Waals surface area (Å²) in [5, 5.41) is 3.12. The monoisotopic (exact) mass is 458 g/mol. The Morgan fingerprint density at radius 3 is 2.66 bits per heavy atom. The third-order valence-electron chi connectivity index (χ3n) is 5.14. The van der Waals surface area contributed by atoms with Gasteiger partial charge in [-0.1, -0.05) is 12.1 Å². The molecule has 2 N–H and O–H groups in total. The van der Waals surface area contributed by atoms with Gasteiger partial charge in [0.25, 0.3) is 5.91 Å². The second kappa shape index (κ2) is 9.11. The number of ether oxygens (including phenoxy) is 2. The van der Waals surface area contributed by atoms with Crippen LogP contribution in [0.15, 0.2) is 62.6 Å². The quantitative estimate of drug-likeness (QED) is 0.521. The molecule has 0 spiro atoms. The van der Waals surface area contributed by atoms with Crippen molar-refractivity contribution in [2.45, 2.75) is 23.8 Å². The molecule has 168 valence electrons. The first-order valence-corrected chi connectivity index (χ1v) is 11.5. The van der Waals surface area contributed by atoms with E-state index in [0.29, 0.717) is 23.4 Å². The van der Waals surface area contributed by atoms with Gasteiger partial charge in [-0.2, -0.15) is 0 Å². The Kier molecular flexibility index (Phi) is 6.26. The highest BCUT2D eigenvalue weighted by Crippen LogP contribution is 2.24. The predicted octanol–water partition coefficient (Wildman–Crippen LogP) is 2.51. The van der Waals surface area contributed by atoms with Gasteiger partial charge in [0.05, 0.1) is 18.1 Å². The lowest BCUT2D eigenvalue weighted by atomic mass is 10.1. The first-order chi connectivity index (χ1) is 15.4. The Morgan fingerprint density at radius 2 is 1.97 bits per heavy atom. The Bertz CT molecular complexity index is 1290. The van der Waals surface area contributed by atoms with Crippen molar-refractivity contribution in [1.82, 2.24) is 4.72 Å². The van der Waals surface area contributed by atoms with Crippen LogP contribution in [0.2, 0.25) is 0 Å². The van der Waals surface area contributed by atoms with Gasteiger partial charge in [-0.3, -0.25) is 4.79 Å². The number of benzene rings is 2. The summed E-state index contributed by atoms with van der Waals surface area (Å²) in [4.78, 5) is 25.0. The SMILES string of the molecule is COc1cccc2cc(C(=O)Nc3ccc(S(=O)(=O)NC[C@H]4CCCO4)cc3)c(=O)oc12. The highest BCUT2D eigenvalue weighted by atomic mass is 32.2. The van der Waals surface area contributed by atoms with Crippen molar-refractivity contribution >= 4 is 32.6 Å². The summed E-state index contributed by atoms with van der Waals surface area (Å²) in [5.41, 5.74) is -0.405. The van der Waals surface area contributed by atoms with E-state index in [0.717, 1.165) is 12.8 Å². The number of rotatable bonds is 7. The molecule has 0 radical (unpaired) electrons. The van der Waals surface area contributed by atoms with Crippen LogP contribution < -0.4 is 20.4 Å². The molecule has 1 fully saturated rings. The molecule has 0 saturated carbocycles. The number of amides is 1. The van der Waals surface area contributed by atoms with E-state index in [1.165, 1.54) is 37.4 Å². The van der Waals surface area contributed by atoms with Crippen LogP contribution in [0.3, 0.4) is 0 Å². The van der Waals surface area contributed by atoms with Gasteiger partial charge < -0.3 is 19.2 Å². The number of anilines is 1. The molecule has 32 heavy (non-hydrogen) atoms. The Hall–Kier alpha value is -3.21. The number of carbonyl (C=O) groups is 1. The van der Waals surface area contributed by atoms with Gasteiger partial charge in [-0.05, 0) is 49.2 Å². The minimum atomic E-state index is -3.70. The second-order valence-corrected chi connectivity index (χ2v) is 9.06. The summed E-state index contributed by atoms with van der Waals surface area (Å²) < 4.78 is 43.3. The fraction of sp³-hybridized carbons (Fsp3) is 0.273. The smallest absolute Gasteiger partial charge is 0.349 e. The summed E-state index contributed by atoms with van der Waals surface area (Å²) in [6, 6.07) is 12.1. The Labute approximate surface area is 184 Å². The summed E-state index contributed by atoms with van der Waals surface area (Å²) in [5.74, 6) is -0.285. The third kappa shape index (κ3) is 4.67. The number of methoxy groups -OCH3 is 1. The Morgan fingerprint density at radius 1 is 1.19 bits per heavy atom. The molecule has 9 nitrogen and oxygen atoms in total. The maximum absolute atomic E-state index is 12.6. The summed E-state index contributed by atoms with van der Waals surface area (Å²) in [6.45, 7) is 0.854. The molecule has 3 aromatic rings. The fourth-order valence-corrected chi connectivity index (χ4v) is 4.51. The molecular weight excluding hydrogens is 436 g/mol. The zero-order valence-corrected chi connectivity index (χ0v) is 18.1. The number of fused-ring (bicyclic) bond motifs is 1. The lowest BCUT2D eigenvalue weighted by Gasteiger charge is -2.12. The maximum atomic E-state index is 12.6. The fourth-order valence-electron chi connectivity index (χ4n) is 3.44. The van der Waals surface area contributed by atoms with Gasteiger partial charge in [-0.15, -0.1) is 0 Å². The number of hydrogen-bond acceptors (Lipinski definition) is 7. The van der Waals surface area contributed by atoms with E-state index >= 15 is 0 Å². The van der Waals surface area contributed by atoms with Gasteiger partial charge in [0.15, 0.2) is 11.3 Å². The number of hydrogen-bond donors (Lipinski definition) is 2. The van der Waals surface area contributed by atoms with E-state index in [2.05, 4.69) is 10.0 Å². The van der Waals surface area contributed by atoms with Crippen LogP contribution in [-0.2, 0) is 14.8 Å². The largest absolute Gasteiger partial charge is 0.493 e. The molecule has 1 saturated heterocycles. The summed E-state index contributed by atoms with van der Waals surface area (Å²) in [6.07, 6.45) is 1.63. The summed E-state index contributed by atoms with van der Waals surface area (Å²) >= 11 is 0. The van der Waals surface area contributed by atoms with E-state index < -0.39 is 21.6 Å². The maximum Gasteiger partial charge on any atom is 0.349 e. The molecule has 2 heterocycles. The van der Waals surface area contributed by atoms with Gasteiger partial charge in [0.2, 0.25) is 10.0 Å². The van der Waals surface area contributed by atoms with Crippen LogP contribution in [0.5, 0.6) is 5.75 Å². The van der Waals surface area contributed by atoms with Crippen molar-refractivity contribution in [3.05, 3.63) is 64.5 Å². The normalized spacial score (nSPS) is 16.2.